The average molecular weight is 588 g/mol. The molecule has 1 heterocycles. The lowest BCUT2D eigenvalue weighted by Gasteiger charge is -2.22. The van der Waals surface area contributed by atoms with E-state index in [1.54, 1.807) is 30.3 Å². The van der Waals surface area contributed by atoms with Gasteiger partial charge in [-0.25, -0.2) is 23.2 Å². The standard InChI is InChI=1S/C24H25ClF3N5O5S/c1-14(2)15(3)37-20-10-9-18(39(35,36)33(4)38-23(34)24(26,27)28)11-19(20)32-22-12-21(29-13-30-22)31-17-7-5-16(25)6-8-17/h5-15H,1-4H3,(H2,29,30,31,32). The lowest BCUT2D eigenvalue weighted by Crippen LogP contribution is -2.36. The quantitative estimate of drug-likeness (QED) is 0.288. The smallest absolute Gasteiger partial charge is 0.488 e. The zero-order chi connectivity index (χ0) is 29.0. The largest absolute Gasteiger partial charge is 0.492 e. The van der Waals surface area contributed by atoms with Crippen molar-refractivity contribution in [3.8, 4) is 5.75 Å². The van der Waals surface area contributed by atoms with Crippen molar-refractivity contribution in [2.75, 3.05) is 17.7 Å². The van der Waals surface area contributed by atoms with Crippen molar-refractivity contribution >= 4 is 50.6 Å². The minimum atomic E-state index is -5.38. The Bertz CT molecular complexity index is 1420. The van der Waals surface area contributed by atoms with Crippen LogP contribution in [-0.4, -0.2) is 48.2 Å². The predicted octanol–water partition coefficient (Wildman–Crippen LogP) is 5.68. The Kier molecular flexibility index (Phi) is 9.25. The number of aromatic nitrogens is 2. The molecule has 0 amide bonds. The van der Waals surface area contributed by atoms with Crippen LogP contribution >= 0.6 is 11.6 Å². The second-order valence-corrected chi connectivity index (χ2v) is 10.9. The maximum Gasteiger partial charge on any atom is 0.492 e. The normalized spacial score (nSPS) is 12.8. The highest BCUT2D eigenvalue weighted by atomic mass is 35.5. The Morgan fingerprint density at radius 3 is 2.21 bits per heavy atom. The number of ether oxygens (including phenoxy) is 1. The topological polar surface area (TPSA) is 123 Å². The number of anilines is 4. The van der Waals surface area contributed by atoms with Crippen LogP contribution in [0, 0.1) is 5.92 Å². The molecule has 1 unspecified atom stereocenters. The van der Waals surface area contributed by atoms with Crippen LogP contribution in [0.4, 0.5) is 36.2 Å². The van der Waals surface area contributed by atoms with E-state index >= 15 is 0 Å². The first-order chi connectivity index (χ1) is 18.2. The Morgan fingerprint density at radius 1 is 1.00 bits per heavy atom. The number of rotatable bonds is 10. The summed E-state index contributed by atoms with van der Waals surface area (Å²) in [6.07, 6.45) is -4.40. The number of nitrogens with one attached hydrogen (secondary N) is 2. The molecule has 3 rings (SSSR count). The van der Waals surface area contributed by atoms with Gasteiger partial charge in [0.25, 0.3) is 10.0 Å². The van der Waals surface area contributed by atoms with Gasteiger partial charge in [0.15, 0.2) is 0 Å². The van der Waals surface area contributed by atoms with Crippen LogP contribution in [0.15, 0.2) is 59.8 Å². The molecule has 0 spiro atoms. The molecule has 3 aromatic rings. The van der Waals surface area contributed by atoms with Gasteiger partial charge in [0.05, 0.1) is 16.7 Å². The molecule has 2 aromatic carbocycles. The van der Waals surface area contributed by atoms with Crippen molar-refractivity contribution in [1.82, 2.24) is 14.4 Å². The number of halogens is 4. The first kappa shape index (κ1) is 29.9. The minimum absolute atomic E-state index is 0.100. The van der Waals surface area contributed by atoms with E-state index in [9.17, 15) is 26.4 Å². The van der Waals surface area contributed by atoms with Crippen LogP contribution in [0.1, 0.15) is 20.8 Å². The SMILES string of the molecule is CC(C)C(C)Oc1ccc(S(=O)(=O)N(C)OC(=O)C(F)(F)F)cc1Nc1cc(Nc2ccc(Cl)cc2)ncn1. The second kappa shape index (κ2) is 12.1. The van der Waals surface area contributed by atoms with E-state index in [0.717, 1.165) is 12.1 Å². The Hall–Kier alpha value is -3.62. The summed E-state index contributed by atoms with van der Waals surface area (Å²) < 4.78 is 69.4. The summed E-state index contributed by atoms with van der Waals surface area (Å²) in [5.74, 6) is -1.69. The lowest BCUT2D eigenvalue weighted by atomic mass is 10.1. The summed E-state index contributed by atoms with van der Waals surface area (Å²) in [6, 6.07) is 12.0. The van der Waals surface area contributed by atoms with Crippen molar-refractivity contribution in [3.05, 3.63) is 59.9 Å². The van der Waals surface area contributed by atoms with E-state index in [1.165, 1.54) is 12.4 Å². The van der Waals surface area contributed by atoms with Crippen molar-refractivity contribution < 1.29 is 36.0 Å². The molecule has 0 aliphatic rings. The molecule has 0 aliphatic carbocycles. The van der Waals surface area contributed by atoms with E-state index in [4.69, 9.17) is 16.3 Å². The first-order valence-electron chi connectivity index (χ1n) is 11.4. The maximum atomic E-state index is 12.9. The number of alkyl halides is 3. The molecular weight excluding hydrogens is 563 g/mol. The van der Waals surface area contributed by atoms with E-state index in [0.29, 0.717) is 23.6 Å². The lowest BCUT2D eigenvalue weighted by molar-refractivity contribution is -0.219. The molecule has 39 heavy (non-hydrogen) atoms. The highest BCUT2D eigenvalue weighted by Gasteiger charge is 2.43. The van der Waals surface area contributed by atoms with Gasteiger partial charge >= 0.3 is 12.1 Å². The predicted molar refractivity (Wildman–Crippen MR) is 139 cm³/mol. The van der Waals surface area contributed by atoms with Crippen molar-refractivity contribution in [2.45, 2.75) is 37.9 Å². The Labute approximate surface area is 228 Å². The number of sulfonamides is 1. The second-order valence-electron chi connectivity index (χ2n) is 8.56. The fourth-order valence-corrected chi connectivity index (χ4v) is 3.98. The third-order valence-electron chi connectivity index (χ3n) is 5.33. The average Bonchev–Trinajstić information content (AvgIpc) is 2.85. The Morgan fingerprint density at radius 2 is 1.62 bits per heavy atom. The van der Waals surface area contributed by atoms with E-state index < -0.39 is 27.1 Å². The van der Waals surface area contributed by atoms with Gasteiger partial charge in [0, 0.05) is 23.8 Å². The van der Waals surface area contributed by atoms with Crippen LogP contribution in [0.3, 0.4) is 0 Å². The number of carbonyl (C=O) groups is 1. The van der Waals surface area contributed by atoms with E-state index in [-0.39, 0.29) is 33.7 Å². The van der Waals surface area contributed by atoms with Gasteiger partial charge in [0.2, 0.25) is 0 Å². The van der Waals surface area contributed by atoms with Gasteiger partial charge in [-0.2, -0.15) is 13.2 Å². The maximum absolute atomic E-state index is 12.9. The summed E-state index contributed by atoms with van der Waals surface area (Å²) >= 11 is 5.91. The molecule has 15 heteroatoms. The fraction of sp³-hybridized carbons (Fsp3) is 0.292. The number of carbonyl (C=O) groups excluding carboxylic acids is 1. The van der Waals surface area contributed by atoms with Gasteiger partial charge in [-0.1, -0.05) is 25.4 Å². The minimum Gasteiger partial charge on any atom is -0.488 e. The van der Waals surface area contributed by atoms with Crippen LogP contribution in [0.5, 0.6) is 5.75 Å². The Balaban J connectivity index is 1.94. The zero-order valence-electron chi connectivity index (χ0n) is 21.2. The molecule has 0 aliphatic heterocycles. The summed E-state index contributed by atoms with van der Waals surface area (Å²) in [5, 5.41) is 6.59. The number of hydrogen-bond donors (Lipinski definition) is 2. The van der Waals surface area contributed by atoms with E-state index in [1.807, 2.05) is 20.8 Å². The van der Waals surface area contributed by atoms with E-state index in [2.05, 4.69) is 25.4 Å². The molecule has 1 atom stereocenters. The third-order valence-corrected chi connectivity index (χ3v) is 7.18. The molecule has 0 saturated carbocycles. The molecule has 1 aromatic heterocycles. The third kappa shape index (κ3) is 7.94. The van der Waals surface area contributed by atoms with Crippen LogP contribution < -0.4 is 15.4 Å². The monoisotopic (exact) mass is 587 g/mol. The van der Waals surface area contributed by atoms with Crippen LogP contribution in [0.2, 0.25) is 5.02 Å². The van der Waals surface area contributed by atoms with Gasteiger partial charge in [0.1, 0.15) is 23.7 Å². The highest BCUT2D eigenvalue weighted by Crippen LogP contribution is 2.33. The summed E-state index contributed by atoms with van der Waals surface area (Å²) in [6.45, 7) is 5.68. The molecule has 210 valence electrons. The van der Waals surface area contributed by atoms with Crippen molar-refractivity contribution in [1.29, 1.82) is 0 Å². The summed E-state index contributed by atoms with van der Waals surface area (Å²) in [5.41, 5.74) is 0.832. The number of hydrogen-bond acceptors (Lipinski definition) is 9. The molecule has 0 bridgehead atoms. The summed E-state index contributed by atoms with van der Waals surface area (Å²) in [4.78, 5) is 23.0. The molecule has 0 fully saturated rings. The summed E-state index contributed by atoms with van der Waals surface area (Å²) in [7, 11) is -4.01. The number of nitrogens with zero attached hydrogens (tertiary/aromatic N) is 3. The van der Waals surface area contributed by atoms with Crippen LogP contribution in [0.25, 0.3) is 0 Å². The van der Waals surface area contributed by atoms with Gasteiger partial charge in [-0.3, -0.25) is 0 Å². The molecular formula is C24H25ClF3N5O5S. The highest BCUT2D eigenvalue weighted by molar-refractivity contribution is 7.89. The van der Waals surface area contributed by atoms with Crippen molar-refractivity contribution in [2.24, 2.45) is 5.92 Å². The fourth-order valence-electron chi connectivity index (χ4n) is 2.89. The van der Waals surface area contributed by atoms with Gasteiger partial charge in [-0.15, -0.1) is 0 Å². The van der Waals surface area contributed by atoms with Crippen LogP contribution in [-0.2, 0) is 19.7 Å². The number of benzene rings is 2. The van der Waals surface area contributed by atoms with Gasteiger partial charge < -0.3 is 20.2 Å². The molecule has 10 nitrogen and oxygen atoms in total. The molecule has 0 saturated heterocycles. The molecule has 2 N–H and O–H groups in total. The zero-order valence-corrected chi connectivity index (χ0v) is 22.7. The number of hydroxylamine groups is 1. The molecule has 0 radical (unpaired) electrons. The van der Waals surface area contributed by atoms with Gasteiger partial charge in [-0.05, 0) is 59.8 Å². The first-order valence-corrected chi connectivity index (χ1v) is 13.2. The van der Waals surface area contributed by atoms with Crippen molar-refractivity contribution in [3.63, 3.8) is 0 Å².